The molecule has 0 heterocycles. The topological polar surface area (TPSA) is 29.1 Å². The van der Waals surface area contributed by atoms with Crippen LogP contribution in [0.4, 0.5) is 0 Å². The van der Waals surface area contributed by atoms with Gasteiger partial charge in [-0.1, -0.05) is 32.1 Å². The van der Waals surface area contributed by atoms with Gasteiger partial charge in [-0.25, -0.2) is 0 Å². The molecule has 0 aromatic heterocycles. The van der Waals surface area contributed by atoms with E-state index < -0.39 is 0 Å². The van der Waals surface area contributed by atoms with Crippen LogP contribution in [0.25, 0.3) is 0 Å². The van der Waals surface area contributed by atoms with E-state index >= 15 is 0 Å². The van der Waals surface area contributed by atoms with Crippen LogP contribution in [-0.2, 0) is 4.79 Å². The maximum Gasteiger partial charge on any atom is 0.216 e. The molecule has 0 aromatic carbocycles. The highest BCUT2D eigenvalue weighted by molar-refractivity contribution is 5.72. The van der Waals surface area contributed by atoms with Crippen molar-refractivity contribution in [2.24, 2.45) is 17.8 Å². The van der Waals surface area contributed by atoms with Crippen molar-refractivity contribution in [3.8, 4) is 0 Å². The van der Waals surface area contributed by atoms with Gasteiger partial charge in [-0.15, -0.1) is 0 Å². The van der Waals surface area contributed by atoms with E-state index in [0.29, 0.717) is 0 Å². The third kappa shape index (κ3) is 2.73. The molecule has 0 bridgehead atoms. The fourth-order valence-corrected chi connectivity index (χ4v) is 3.60. The van der Waals surface area contributed by atoms with Crippen molar-refractivity contribution in [2.75, 3.05) is 6.54 Å². The van der Waals surface area contributed by atoms with Gasteiger partial charge in [0, 0.05) is 13.5 Å². The van der Waals surface area contributed by atoms with Crippen LogP contribution in [0.15, 0.2) is 0 Å². The van der Waals surface area contributed by atoms with Crippen LogP contribution in [0.3, 0.4) is 0 Å². The third-order valence-corrected chi connectivity index (χ3v) is 4.34. The molecule has 1 N–H and O–H groups in total. The number of carbonyl (C=O) groups excluding carboxylic acids is 1. The van der Waals surface area contributed by atoms with E-state index in [1.54, 1.807) is 6.92 Å². The quantitative estimate of drug-likeness (QED) is 0.744. The number of hydrogen-bond acceptors (Lipinski definition) is 1. The number of rotatable bonds is 2. The van der Waals surface area contributed by atoms with Gasteiger partial charge in [-0.05, 0) is 30.6 Å². The summed E-state index contributed by atoms with van der Waals surface area (Å²) in [7, 11) is 0. The molecule has 0 spiro atoms. The van der Waals surface area contributed by atoms with Gasteiger partial charge in [-0.3, -0.25) is 4.79 Å². The summed E-state index contributed by atoms with van der Waals surface area (Å²) >= 11 is 0. The van der Waals surface area contributed by atoms with Crippen LogP contribution in [0.5, 0.6) is 0 Å². The highest BCUT2D eigenvalue weighted by Gasteiger charge is 2.34. The summed E-state index contributed by atoms with van der Waals surface area (Å²) in [6.45, 7) is 2.55. The standard InChI is InChI=1S/C13H23NO/c1-10(15)14-9-12-7-4-6-11-5-2-3-8-13(11)12/h11-13H,2-9H2,1H3,(H,14,15). The second-order valence-corrected chi connectivity index (χ2v) is 5.34. The molecule has 2 rings (SSSR count). The summed E-state index contributed by atoms with van der Waals surface area (Å²) in [5.74, 6) is 2.80. The predicted octanol–water partition coefficient (Wildman–Crippen LogP) is 2.73. The van der Waals surface area contributed by atoms with E-state index in [2.05, 4.69) is 5.32 Å². The second-order valence-electron chi connectivity index (χ2n) is 5.34. The zero-order valence-electron chi connectivity index (χ0n) is 9.80. The van der Waals surface area contributed by atoms with Gasteiger partial charge in [0.1, 0.15) is 0 Å². The van der Waals surface area contributed by atoms with Crippen molar-refractivity contribution in [1.82, 2.24) is 5.32 Å². The van der Waals surface area contributed by atoms with Gasteiger partial charge in [0.2, 0.25) is 5.91 Å². The molecule has 0 aromatic rings. The van der Waals surface area contributed by atoms with E-state index in [0.717, 1.165) is 24.3 Å². The molecular weight excluding hydrogens is 186 g/mol. The van der Waals surface area contributed by atoms with Gasteiger partial charge in [0.15, 0.2) is 0 Å². The Hall–Kier alpha value is -0.530. The molecule has 2 saturated carbocycles. The van der Waals surface area contributed by atoms with Gasteiger partial charge in [-0.2, -0.15) is 0 Å². The second kappa shape index (κ2) is 5.00. The monoisotopic (exact) mass is 209 g/mol. The summed E-state index contributed by atoms with van der Waals surface area (Å²) < 4.78 is 0. The van der Waals surface area contributed by atoms with Gasteiger partial charge in [0.05, 0.1) is 0 Å². The van der Waals surface area contributed by atoms with E-state index in [-0.39, 0.29) is 5.91 Å². The molecular formula is C13H23NO. The highest BCUT2D eigenvalue weighted by Crippen LogP contribution is 2.43. The first-order valence-corrected chi connectivity index (χ1v) is 6.52. The summed E-state index contributed by atoms with van der Waals surface area (Å²) in [4.78, 5) is 10.9. The Morgan fingerprint density at radius 3 is 2.67 bits per heavy atom. The van der Waals surface area contributed by atoms with Crippen LogP contribution < -0.4 is 5.32 Å². The molecule has 3 unspecified atom stereocenters. The SMILES string of the molecule is CC(=O)NCC1CCCC2CCCCC21. The maximum absolute atomic E-state index is 10.9. The van der Waals surface area contributed by atoms with E-state index in [1.807, 2.05) is 0 Å². The van der Waals surface area contributed by atoms with Gasteiger partial charge in [0.25, 0.3) is 0 Å². The molecule has 1 amide bonds. The fraction of sp³-hybridized carbons (Fsp3) is 0.923. The van der Waals surface area contributed by atoms with Crippen LogP contribution >= 0.6 is 0 Å². The normalized spacial score (nSPS) is 35.7. The molecule has 0 radical (unpaired) electrons. The lowest BCUT2D eigenvalue weighted by atomic mass is 9.65. The van der Waals surface area contributed by atoms with Crippen molar-refractivity contribution in [3.05, 3.63) is 0 Å². The van der Waals surface area contributed by atoms with Crippen molar-refractivity contribution in [1.29, 1.82) is 0 Å². The van der Waals surface area contributed by atoms with E-state index in [4.69, 9.17) is 0 Å². The van der Waals surface area contributed by atoms with Crippen molar-refractivity contribution < 1.29 is 4.79 Å². The molecule has 3 atom stereocenters. The van der Waals surface area contributed by atoms with Gasteiger partial charge >= 0.3 is 0 Å². The largest absolute Gasteiger partial charge is 0.356 e. The summed E-state index contributed by atoms with van der Waals surface area (Å²) in [5, 5.41) is 3.01. The lowest BCUT2D eigenvalue weighted by Gasteiger charge is -2.41. The summed E-state index contributed by atoms with van der Waals surface area (Å²) in [6.07, 6.45) is 9.87. The summed E-state index contributed by atoms with van der Waals surface area (Å²) in [6, 6.07) is 0. The van der Waals surface area contributed by atoms with E-state index in [1.165, 1.54) is 44.9 Å². The Morgan fingerprint density at radius 2 is 1.87 bits per heavy atom. The molecule has 0 saturated heterocycles. The van der Waals surface area contributed by atoms with Crippen molar-refractivity contribution in [2.45, 2.75) is 51.9 Å². The van der Waals surface area contributed by atoms with E-state index in [9.17, 15) is 4.79 Å². The number of hydrogen-bond donors (Lipinski definition) is 1. The van der Waals surface area contributed by atoms with Crippen LogP contribution in [0, 0.1) is 17.8 Å². The van der Waals surface area contributed by atoms with Crippen molar-refractivity contribution >= 4 is 5.91 Å². The number of amides is 1. The molecule has 15 heavy (non-hydrogen) atoms. The minimum Gasteiger partial charge on any atom is -0.356 e. The van der Waals surface area contributed by atoms with Crippen LogP contribution in [-0.4, -0.2) is 12.5 Å². The number of carbonyl (C=O) groups is 1. The molecule has 86 valence electrons. The smallest absolute Gasteiger partial charge is 0.216 e. The average molecular weight is 209 g/mol. The number of fused-ring (bicyclic) bond motifs is 1. The van der Waals surface area contributed by atoms with Gasteiger partial charge < -0.3 is 5.32 Å². The Balaban J connectivity index is 1.88. The number of nitrogens with one attached hydrogen (secondary N) is 1. The zero-order valence-corrected chi connectivity index (χ0v) is 9.80. The molecule has 2 fully saturated rings. The molecule has 2 heteroatoms. The van der Waals surface area contributed by atoms with Crippen molar-refractivity contribution in [3.63, 3.8) is 0 Å². The molecule has 2 nitrogen and oxygen atoms in total. The van der Waals surface area contributed by atoms with Crippen LogP contribution in [0.1, 0.15) is 51.9 Å². The minimum atomic E-state index is 0.132. The zero-order chi connectivity index (χ0) is 10.7. The Labute approximate surface area is 92.8 Å². The average Bonchev–Trinajstić information content (AvgIpc) is 2.26. The minimum absolute atomic E-state index is 0.132. The first kappa shape index (κ1) is 11.0. The highest BCUT2D eigenvalue weighted by atomic mass is 16.1. The first-order valence-electron chi connectivity index (χ1n) is 6.52. The fourth-order valence-electron chi connectivity index (χ4n) is 3.60. The third-order valence-electron chi connectivity index (χ3n) is 4.34. The Bertz CT molecular complexity index is 225. The summed E-state index contributed by atoms with van der Waals surface area (Å²) in [5.41, 5.74) is 0. The predicted molar refractivity (Wildman–Crippen MR) is 61.5 cm³/mol. The van der Waals surface area contributed by atoms with Crippen LogP contribution in [0.2, 0.25) is 0 Å². The molecule has 2 aliphatic carbocycles. The first-order chi connectivity index (χ1) is 7.27. The molecule has 2 aliphatic rings. The Morgan fingerprint density at radius 1 is 1.13 bits per heavy atom. The Kier molecular flexibility index (Phi) is 3.66. The maximum atomic E-state index is 10.9. The lowest BCUT2D eigenvalue weighted by Crippen LogP contribution is -2.38. The molecule has 0 aliphatic heterocycles. The lowest BCUT2D eigenvalue weighted by molar-refractivity contribution is -0.119.